The molecule has 0 aromatic heterocycles. The highest BCUT2D eigenvalue weighted by Gasteiger charge is 2.19. The Kier molecular flexibility index (Phi) is 47.5. The standard InChI is InChI=1S/C57H92O6/c1-4-7-10-13-16-19-21-23-25-27-28-30-31-33-35-38-41-44-47-50-56(59)62-53-54(52-61-55(58)49-46-43-40-37-18-15-12-9-6-3)63-57(60)51-48-45-42-39-36-34-32-29-26-24-22-20-17-14-11-8-5-2/h8-9,11-12,17-18,20,24,26-28,32,34,37,39,42-43,46,54H,4-7,10,13-16,19,21-23,25,29-31,33,35-36,38,40-41,44-45,47-53H2,1-3H3/b11-8-,12-9-,20-17-,26-24-,28-27-,34-32-,37-18-,42-39-,46-43-. The Labute approximate surface area is 387 Å². The first-order chi connectivity index (χ1) is 31.0. The van der Waals surface area contributed by atoms with Crippen LogP contribution in [0.5, 0.6) is 0 Å². The first kappa shape index (κ1) is 59.1. The topological polar surface area (TPSA) is 78.9 Å². The van der Waals surface area contributed by atoms with Crippen molar-refractivity contribution in [2.24, 2.45) is 0 Å². The molecule has 0 saturated heterocycles. The van der Waals surface area contributed by atoms with Gasteiger partial charge in [-0.25, -0.2) is 0 Å². The van der Waals surface area contributed by atoms with E-state index in [0.717, 1.165) is 77.0 Å². The highest BCUT2D eigenvalue weighted by atomic mass is 16.6. The average molecular weight is 873 g/mol. The van der Waals surface area contributed by atoms with Gasteiger partial charge in [0.15, 0.2) is 6.10 Å². The molecule has 0 N–H and O–H groups in total. The number of rotatable bonds is 44. The summed E-state index contributed by atoms with van der Waals surface area (Å²) in [6, 6.07) is 0. The molecule has 1 atom stereocenters. The zero-order valence-corrected chi connectivity index (χ0v) is 40.5. The predicted molar refractivity (Wildman–Crippen MR) is 270 cm³/mol. The molecule has 0 aliphatic carbocycles. The maximum atomic E-state index is 12.7. The Hall–Kier alpha value is -3.93. The number of carbonyl (C=O) groups is 3. The fourth-order valence-electron chi connectivity index (χ4n) is 6.53. The summed E-state index contributed by atoms with van der Waals surface area (Å²) in [5.41, 5.74) is 0. The third-order valence-electron chi connectivity index (χ3n) is 10.3. The average Bonchev–Trinajstić information content (AvgIpc) is 3.28. The van der Waals surface area contributed by atoms with Gasteiger partial charge in [-0.15, -0.1) is 0 Å². The normalized spacial score (nSPS) is 13.0. The summed E-state index contributed by atoms with van der Waals surface area (Å²) in [4.78, 5) is 37.8. The number of unbranched alkanes of at least 4 members (excludes halogenated alkanes) is 16. The molecule has 0 aromatic rings. The fraction of sp³-hybridized carbons (Fsp3) is 0.632. The van der Waals surface area contributed by atoms with E-state index in [-0.39, 0.29) is 32.0 Å². The van der Waals surface area contributed by atoms with Crippen molar-refractivity contribution in [1.82, 2.24) is 0 Å². The Morgan fingerprint density at radius 3 is 1.17 bits per heavy atom. The summed E-state index contributed by atoms with van der Waals surface area (Å²) >= 11 is 0. The summed E-state index contributed by atoms with van der Waals surface area (Å²) in [6.45, 7) is 6.24. The molecule has 0 radical (unpaired) electrons. The van der Waals surface area contributed by atoms with Gasteiger partial charge in [-0.3, -0.25) is 14.4 Å². The number of hydrogen-bond donors (Lipinski definition) is 0. The minimum Gasteiger partial charge on any atom is -0.462 e. The van der Waals surface area contributed by atoms with Crippen molar-refractivity contribution in [3.05, 3.63) is 109 Å². The van der Waals surface area contributed by atoms with Crippen LogP contribution in [0.3, 0.4) is 0 Å². The minimum atomic E-state index is -0.845. The minimum absolute atomic E-state index is 0.119. The molecule has 6 heteroatoms. The first-order valence-corrected chi connectivity index (χ1v) is 25.4. The van der Waals surface area contributed by atoms with Gasteiger partial charge >= 0.3 is 17.9 Å². The van der Waals surface area contributed by atoms with Gasteiger partial charge < -0.3 is 14.2 Å². The van der Waals surface area contributed by atoms with Crippen LogP contribution < -0.4 is 0 Å². The lowest BCUT2D eigenvalue weighted by Gasteiger charge is -2.18. The number of carbonyl (C=O) groups excluding carboxylic acids is 3. The quantitative estimate of drug-likeness (QED) is 0.0263. The zero-order valence-electron chi connectivity index (χ0n) is 40.5. The molecule has 63 heavy (non-hydrogen) atoms. The molecular weight excluding hydrogens is 781 g/mol. The lowest BCUT2D eigenvalue weighted by Crippen LogP contribution is -2.30. The smallest absolute Gasteiger partial charge is 0.309 e. The van der Waals surface area contributed by atoms with E-state index in [2.05, 4.69) is 118 Å². The maximum absolute atomic E-state index is 12.7. The molecule has 0 spiro atoms. The summed E-state index contributed by atoms with van der Waals surface area (Å²) in [5.74, 6) is -1.13. The molecule has 0 fully saturated rings. The van der Waals surface area contributed by atoms with Gasteiger partial charge in [-0.1, -0.05) is 207 Å². The fourth-order valence-corrected chi connectivity index (χ4v) is 6.53. The summed E-state index contributed by atoms with van der Waals surface area (Å²) in [5, 5.41) is 0. The van der Waals surface area contributed by atoms with E-state index in [1.165, 1.54) is 89.9 Å². The molecule has 0 rings (SSSR count). The van der Waals surface area contributed by atoms with E-state index in [0.29, 0.717) is 12.8 Å². The van der Waals surface area contributed by atoms with Crippen LogP contribution in [0.2, 0.25) is 0 Å². The van der Waals surface area contributed by atoms with Crippen LogP contribution in [0.25, 0.3) is 0 Å². The van der Waals surface area contributed by atoms with Crippen molar-refractivity contribution < 1.29 is 28.6 Å². The van der Waals surface area contributed by atoms with Crippen molar-refractivity contribution >= 4 is 17.9 Å². The molecule has 0 aliphatic heterocycles. The Morgan fingerprint density at radius 1 is 0.349 bits per heavy atom. The zero-order chi connectivity index (χ0) is 45.8. The third-order valence-corrected chi connectivity index (χ3v) is 10.3. The van der Waals surface area contributed by atoms with Crippen molar-refractivity contribution in [3.63, 3.8) is 0 Å². The molecule has 6 nitrogen and oxygen atoms in total. The van der Waals surface area contributed by atoms with Crippen LogP contribution in [0.1, 0.15) is 213 Å². The van der Waals surface area contributed by atoms with E-state index < -0.39 is 18.0 Å². The van der Waals surface area contributed by atoms with Crippen molar-refractivity contribution in [3.8, 4) is 0 Å². The van der Waals surface area contributed by atoms with Gasteiger partial charge in [0.25, 0.3) is 0 Å². The molecule has 356 valence electrons. The SMILES string of the molecule is CC/C=C\C/C=C\C/C=C\C/C=C\C/C=C\CCCC(=O)OC(COC(=O)C/C=C\C/C=C\C/C=C\CC)COC(=O)CCCCCCCCC/C=C\CCCCCCCCCC. The van der Waals surface area contributed by atoms with Crippen LogP contribution in [-0.4, -0.2) is 37.2 Å². The van der Waals surface area contributed by atoms with Gasteiger partial charge in [0.05, 0.1) is 6.42 Å². The Balaban J connectivity index is 4.46. The number of hydrogen-bond acceptors (Lipinski definition) is 6. The van der Waals surface area contributed by atoms with Crippen LogP contribution in [0.4, 0.5) is 0 Å². The second-order valence-corrected chi connectivity index (χ2v) is 16.3. The number of ether oxygens (including phenoxy) is 3. The largest absolute Gasteiger partial charge is 0.462 e. The second kappa shape index (κ2) is 50.7. The Bertz CT molecular complexity index is 1330. The van der Waals surface area contributed by atoms with Crippen LogP contribution in [-0.2, 0) is 28.6 Å². The molecule has 0 amide bonds. The van der Waals surface area contributed by atoms with E-state index >= 15 is 0 Å². The van der Waals surface area contributed by atoms with Crippen molar-refractivity contribution in [2.75, 3.05) is 13.2 Å². The molecule has 0 aromatic carbocycles. The van der Waals surface area contributed by atoms with Gasteiger partial charge in [0, 0.05) is 12.8 Å². The van der Waals surface area contributed by atoms with Crippen LogP contribution >= 0.6 is 0 Å². The molecule has 0 bridgehead atoms. The van der Waals surface area contributed by atoms with E-state index in [4.69, 9.17) is 14.2 Å². The summed E-state index contributed by atoms with van der Waals surface area (Å²) in [7, 11) is 0. The van der Waals surface area contributed by atoms with Gasteiger partial charge in [-0.05, 0) is 96.3 Å². The second-order valence-electron chi connectivity index (χ2n) is 16.3. The third kappa shape index (κ3) is 49.0. The maximum Gasteiger partial charge on any atom is 0.309 e. The van der Waals surface area contributed by atoms with E-state index in [1.54, 1.807) is 6.08 Å². The first-order valence-electron chi connectivity index (χ1n) is 25.4. The highest BCUT2D eigenvalue weighted by molar-refractivity contribution is 5.72. The van der Waals surface area contributed by atoms with E-state index in [9.17, 15) is 14.4 Å². The van der Waals surface area contributed by atoms with Crippen molar-refractivity contribution in [1.29, 1.82) is 0 Å². The van der Waals surface area contributed by atoms with Crippen LogP contribution in [0.15, 0.2) is 109 Å². The molecule has 0 saturated carbocycles. The summed E-state index contributed by atoms with van der Waals surface area (Å²) < 4.78 is 16.6. The number of allylic oxidation sites excluding steroid dienone is 17. The van der Waals surface area contributed by atoms with Gasteiger partial charge in [0.1, 0.15) is 13.2 Å². The number of esters is 3. The summed E-state index contributed by atoms with van der Waals surface area (Å²) in [6.07, 6.45) is 68.4. The lowest BCUT2D eigenvalue weighted by molar-refractivity contribution is -0.166. The Morgan fingerprint density at radius 2 is 0.698 bits per heavy atom. The monoisotopic (exact) mass is 873 g/mol. The van der Waals surface area contributed by atoms with E-state index in [1.807, 2.05) is 6.08 Å². The van der Waals surface area contributed by atoms with Crippen LogP contribution in [0, 0.1) is 0 Å². The molecule has 1 unspecified atom stereocenters. The highest BCUT2D eigenvalue weighted by Crippen LogP contribution is 2.13. The van der Waals surface area contributed by atoms with Gasteiger partial charge in [0.2, 0.25) is 0 Å². The van der Waals surface area contributed by atoms with Gasteiger partial charge in [-0.2, -0.15) is 0 Å². The molecular formula is C57H92O6. The molecule has 0 aliphatic rings. The van der Waals surface area contributed by atoms with Crippen molar-refractivity contribution in [2.45, 2.75) is 219 Å². The predicted octanol–water partition coefficient (Wildman–Crippen LogP) is 16.8. The molecule has 0 heterocycles. The lowest BCUT2D eigenvalue weighted by atomic mass is 10.1.